The Morgan fingerprint density at radius 3 is 3.05 bits per heavy atom. The molecule has 6 nitrogen and oxygen atoms in total. The zero-order valence-corrected chi connectivity index (χ0v) is 11.7. The maximum absolute atomic E-state index is 12.2. The number of aryl methyl sites for hydroxylation is 1. The minimum atomic E-state index is -0.421. The van der Waals surface area contributed by atoms with Crippen LogP contribution in [0.2, 0.25) is 0 Å². The van der Waals surface area contributed by atoms with E-state index in [1.165, 1.54) is 6.26 Å². The Balaban J connectivity index is 1.78. The van der Waals surface area contributed by atoms with E-state index in [2.05, 4.69) is 10.3 Å². The lowest BCUT2D eigenvalue weighted by molar-refractivity contribution is 0.176. The number of nitrogens with one attached hydrogen (secondary N) is 1. The first-order valence-corrected chi connectivity index (χ1v) is 6.88. The number of benzene rings is 1. The Kier molecular flexibility index (Phi) is 3.62. The average molecular weight is 287 g/mol. The van der Waals surface area contributed by atoms with E-state index in [4.69, 9.17) is 4.42 Å². The van der Waals surface area contributed by atoms with Gasteiger partial charge in [-0.1, -0.05) is 6.07 Å². The number of amides is 2. The highest BCUT2D eigenvalue weighted by Crippen LogP contribution is 2.24. The van der Waals surface area contributed by atoms with Gasteiger partial charge in [0.15, 0.2) is 0 Å². The van der Waals surface area contributed by atoms with Crippen LogP contribution in [-0.4, -0.2) is 40.2 Å². The first-order valence-electron chi connectivity index (χ1n) is 6.88. The molecule has 0 aliphatic carbocycles. The molecule has 1 atom stereocenters. The van der Waals surface area contributed by atoms with E-state index in [1.807, 2.05) is 25.1 Å². The second kappa shape index (κ2) is 5.57. The van der Waals surface area contributed by atoms with Crippen molar-refractivity contribution in [1.82, 2.24) is 9.88 Å². The van der Waals surface area contributed by atoms with Crippen molar-refractivity contribution < 1.29 is 14.3 Å². The first kappa shape index (κ1) is 13.6. The van der Waals surface area contributed by atoms with Gasteiger partial charge in [0.25, 0.3) is 0 Å². The van der Waals surface area contributed by atoms with Crippen molar-refractivity contribution >= 4 is 11.7 Å². The molecule has 2 aromatic rings. The van der Waals surface area contributed by atoms with Crippen LogP contribution in [-0.2, 0) is 0 Å². The molecule has 3 rings (SSSR count). The van der Waals surface area contributed by atoms with Crippen LogP contribution in [0.3, 0.4) is 0 Å². The van der Waals surface area contributed by atoms with Crippen LogP contribution in [0, 0.1) is 6.92 Å². The van der Waals surface area contributed by atoms with Gasteiger partial charge in [-0.2, -0.15) is 0 Å². The number of aliphatic hydroxyl groups excluding tert-OH is 1. The van der Waals surface area contributed by atoms with Crippen LogP contribution in [0.1, 0.15) is 12.0 Å². The van der Waals surface area contributed by atoms with Crippen molar-refractivity contribution in [3.63, 3.8) is 0 Å². The van der Waals surface area contributed by atoms with Gasteiger partial charge in [0, 0.05) is 24.3 Å². The third kappa shape index (κ3) is 2.90. The fourth-order valence-electron chi connectivity index (χ4n) is 2.38. The Hall–Kier alpha value is -2.34. The van der Waals surface area contributed by atoms with Crippen LogP contribution < -0.4 is 5.32 Å². The standard InChI is InChI=1S/C15H17N3O3/c1-10-2-3-11(14-16-5-7-21-14)8-13(10)17-15(20)18-6-4-12(19)9-18/h2-3,5,7-8,12,19H,4,6,9H2,1H3,(H,17,20). The number of anilines is 1. The highest BCUT2D eigenvalue weighted by molar-refractivity contribution is 5.91. The van der Waals surface area contributed by atoms with E-state index in [-0.39, 0.29) is 6.03 Å². The number of nitrogens with zero attached hydrogens (tertiary/aromatic N) is 2. The maximum Gasteiger partial charge on any atom is 0.321 e. The summed E-state index contributed by atoms with van der Waals surface area (Å²) in [5, 5.41) is 12.4. The summed E-state index contributed by atoms with van der Waals surface area (Å²) in [6.45, 7) is 2.88. The van der Waals surface area contributed by atoms with Gasteiger partial charge in [-0.05, 0) is 31.0 Å². The number of aromatic nitrogens is 1. The average Bonchev–Trinajstić information content (AvgIpc) is 3.12. The molecule has 0 saturated carbocycles. The molecule has 21 heavy (non-hydrogen) atoms. The summed E-state index contributed by atoms with van der Waals surface area (Å²) in [6.07, 6.45) is 3.30. The zero-order valence-electron chi connectivity index (χ0n) is 11.7. The molecule has 2 N–H and O–H groups in total. The van der Waals surface area contributed by atoms with Crippen molar-refractivity contribution in [2.24, 2.45) is 0 Å². The largest absolute Gasteiger partial charge is 0.445 e. The Morgan fingerprint density at radius 2 is 2.38 bits per heavy atom. The lowest BCUT2D eigenvalue weighted by Gasteiger charge is -2.17. The molecule has 0 radical (unpaired) electrons. The summed E-state index contributed by atoms with van der Waals surface area (Å²) in [4.78, 5) is 17.9. The molecular weight excluding hydrogens is 270 g/mol. The summed E-state index contributed by atoms with van der Waals surface area (Å²) >= 11 is 0. The molecule has 1 aromatic carbocycles. The normalized spacial score (nSPS) is 18.0. The lowest BCUT2D eigenvalue weighted by Crippen LogP contribution is -2.33. The molecule has 2 amide bonds. The topological polar surface area (TPSA) is 78.6 Å². The van der Waals surface area contributed by atoms with Crippen LogP contribution >= 0.6 is 0 Å². The van der Waals surface area contributed by atoms with Crippen LogP contribution in [0.4, 0.5) is 10.5 Å². The zero-order chi connectivity index (χ0) is 14.8. The van der Waals surface area contributed by atoms with E-state index in [1.54, 1.807) is 11.1 Å². The first-order chi connectivity index (χ1) is 10.1. The smallest absolute Gasteiger partial charge is 0.321 e. The number of hydrogen-bond acceptors (Lipinski definition) is 4. The third-order valence-electron chi connectivity index (χ3n) is 3.61. The van der Waals surface area contributed by atoms with E-state index < -0.39 is 6.10 Å². The van der Waals surface area contributed by atoms with E-state index in [0.29, 0.717) is 25.4 Å². The summed E-state index contributed by atoms with van der Waals surface area (Å²) in [7, 11) is 0. The monoisotopic (exact) mass is 287 g/mol. The summed E-state index contributed by atoms with van der Waals surface area (Å²) in [6, 6.07) is 5.45. The molecule has 110 valence electrons. The molecule has 1 aliphatic heterocycles. The Morgan fingerprint density at radius 1 is 1.52 bits per heavy atom. The maximum atomic E-state index is 12.2. The van der Waals surface area contributed by atoms with Crippen LogP contribution in [0.5, 0.6) is 0 Å². The molecule has 2 heterocycles. The van der Waals surface area contributed by atoms with Crippen molar-refractivity contribution in [1.29, 1.82) is 0 Å². The second-order valence-electron chi connectivity index (χ2n) is 5.19. The summed E-state index contributed by atoms with van der Waals surface area (Å²) in [5.74, 6) is 0.516. The molecule has 0 bridgehead atoms. The Bertz CT molecular complexity index is 640. The lowest BCUT2D eigenvalue weighted by atomic mass is 10.1. The fourth-order valence-corrected chi connectivity index (χ4v) is 2.38. The Labute approximate surface area is 122 Å². The van der Waals surface area contributed by atoms with Crippen molar-refractivity contribution in [2.45, 2.75) is 19.4 Å². The van der Waals surface area contributed by atoms with Gasteiger partial charge in [0.05, 0.1) is 12.3 Å². The van der Waals surface area contributed by atoms with Gasteiger partial charge < -0.3 is 19.7 Å². The van der Waals surface area contributed by atoms with E-state index in [0.717, 1.165) is 16.8 Å². The quantitative estimate of drug-likeness (QED) is 0.888. The molecular formula is C15H17N3O3. The van der Waals surface area contributed by atoms with E-state index in [9.17, 15) is 9.90 Å². The van der Waals surface area contributed by atoms with Crippen LogP contribution in [0.15, 0.2) is 35.1 Å². The molecule has 1 saturated heterocycles. The minimum absolute atomic E-state index is 0.195. The van der Waals surface area contributed by atoms with Gasteiger partial charge in [-0.25, -0.2) is 9.78 Å². The van der Waals surface area contributed by atoms with Gasteiger partial charge in [-0.15, -0.1) is 0 Å². The van der Waals surface area contributed by atoms with Gasteiger partial charge in [0.2, 0.25) is 5.89 Å². The number of rotatable bonds is 2. The van der Waals surface area contributed by atoms with Gasteiger partial charge in [0.1, 0.15) is 6.26 Å². The molecule has 6 heteroatoms. The highest BCUT2D eigenvalue weighted by atomic mass is 16.3. The molecule has 1 aliphatic rings. The number of hydrogen-bond donors (Lipinski definition) is 2. The minimum Gasteiger partial charge on any atom is -0.445 e. The molecule has 1 unspecified atom stereocenters. The highest BCUT2D eigenvalue weighted by Gasteiger charge is 2.24. The number of urea groups is 1. The SMILES string of the molecule is Cc1ccc(-c2ncco2)cc1NC(=O)N1CCC(O)C1. The fraction of sp³-hybridized carbons (Fsp3) is 0.333. The summed E-state index contributed by atoms with van der Waals surface area (Å²) in [5.41, 5.74) is 2.48. The van der Waals surface area contributed by atoms with Crippen molar-refractivity contribution in [3.8, 4) is 11.5 Å². The van der Waals surface area contributed by atoms with Crippen molar-refractivity contribution in [2.75, 3.05) is 18.4 Å². The second-order valence-corrected chi connectivity index (χ2v) is 5.19. The third-order valence-corrected chi connectivity index (χ3v) is 3.61. The number of β-amino-alcohol motifs (C(OH)–C–C–N with tert-alkyl or cyclic N) is 1. The predicted octanol–water partition coefficient (Wildman–Crippen LogP) is 2.25. The van der Waals surface area contributed by atoms with Crippen LogP contribution in [0.25, 0.3) is 11.5 Å². The molecule has 1 aromatic heterocycles. The molecule has 0 spiro atoms. The number of carbonyl (C=O) groups is 1. The number of oxazole rings is 1. The van der Waals surface area contributed by atoms with Gasteiger partial charge >= 0.3 is 6.03 Å². The van der Waals surface area contributed by atoms with Gasteiger partial charge in [-0.3, -0.25) is 0 Å². The number of likely N-dealkylation sites (tertiary alicyclic amines) is 1. The number of aliphatic hydroxyl groups is 1. The van der Waals surface area contributed by atoms with E-state index >= 15 is 0 Å². The summed E-state index contributed by atoms with van der Waals surface area (Å²) < 4.78 is 5.27. The predicted molar refractivity (Wildman–Crippen MR) is 77.9 cm³/mol. The van der Waals surface area contributed by atoms with Crippen molar-refractivity contribution in [3.05, 3.63) is 36.2 Å². The number of carbonyl (C=O) groups excluding carboxylic acids is 1. The molecule has 1 fully saturated rings.